The molecule has 0 aliphatic heterocycles. The normalized spacial score (nSPS) is 9.47. The van der Waals surface area contributed by atoms with Crippen LogP contribution in [0.4, 0.5) is 5.69 Å². The van der Waals surface area contributed by atoms with E-state index < -0.39 is 22.5 Å². The van der Waals surface area contributed by atoms with Crippen molar-refractivity contribution >= 4 is 17.6 Å². The minimum absolute atomic E-state index is 0.0319. The summed E-state index contributed by atoms with van der Waals surface area (Å²) < 4.78 is 0. The van der Waals surface area contributed by atoms with Gasteiger partial charge in [-0.1, -0.05) is 19.1 Å². The van der Waals surface area contributed by atoms with Crippen molar-refractivity contribution in [3.8, 4) is 0 Å². The number of hydrogen-bond acceptors (Lipinski definition) is 6. The molecular formula is C10H9NO6. The molecule has 0 saturated carbocycles. The Morgan fingerprint density at radius 1 is 1.29 bits per heavy atom. The fraction of sp³-hybridized carbons (Fsp3) is 0.200. The molecule has 0 amide bonds. The highest BCUT2D eigenvalue weighted by Gasteiger charge is 2.22. The molecule has 0 aliphatic carbocycles. The predicted octanol–water partition coefficient (Wildman–Crippen LogP) is 1.62. The van der Waals surface area contributed by atoms with Gasteiger partial charge in [-0.05, 0) is 6.07 Å². The van der Waals surface area contributed by atoms with E-state index in [1.54, 1.807) is 0 Å². The highest BCUT2D eigenvalue weighted by Crippen LogP contribution is 2.18. The summed E-state index contributed by atoms with van der Waals surface area (Å²) in [5, 5.41) is 10.6. The van der Waals surface area contributed by atoms with Crippen LogP contribution in [0.2, 0.25) is 0 Å². The van der Waals surface area contributed by atoms with E-state index in [4.69, 9.17) is 0 Å². The number of benzene rings is 1. The zero-order chi connectivity index (χ0) is 12.8. The number of carbonyl (C=O) groups excluding carboxylic acids is 2. The Hall–Kier alpha value is -2.44. The van der Waals surface area contributed by atoms with E-state index in [0.717, 1.165) is 6.07 Å². The van der Waals surface area contributed by atoms with Crippen LogP contribution in [0.15, 0.2) is 24.3 Å². The molecule has 1 aromatic rings. The lowest BCUT2D eigenvalue weighted by molar-refractivity contribution is -0.385. The second-order valence-electron chi connectivity index (χ2n) is 2.95. The summed E-state index contributed by atoms with van der Waals surface area (Å²) in [6, 6.07) is 5.21. The first-order valence-electron chi connectivity index (χ1n) is 4.71. The average molecular weight is 239 g/mol. The zero-order valence-electron chi connectivity index (χ0n) is 8.91. The Labute approximate surface area is 96.0 Å². The molecule has 0 fully saturated rings. The molecule has 0 aliphatic rings. The van der Waals surface area contributed by atoms with Crippen LogP contribution in [-0.4, -0.2) is 16.9 Å². The maximum absolute atomic E-state index is 11.4. The van der Waals surface area contributed by atoms with E-state index >= 15 is 0 Å². The smallest absolute Gasteiger partial charge is 0.258 e. The number of nitro benzene ring substituents is 1. The van der Waals surface area contributed by atoms with E-state index in [0.29, 0.717) is 0 Å². The van der Waals surface area contributed by atoms with Gasteiger partial charge in [-0.3, -0.25) is 10.1 Å². The summed E-state index contributed by atoms with van der Waals surface area (Å²) in [6.07, 6.45) is 0.0319. The van der Waals surface area contributed by atoms with Crippen LogP contribution in [0.3, 0.4) is 0 Å². The molecule has 7 nitrogen and oxygen atoms in total. The first-order chi connectivity index (χ1) is 8.06. The molecule has 90 valence electrons. The van der Waals surface area contributed by atoms with Gasteiger partial charge in [0.25, 0.3) is 5.69 Å². The fourth-order valence-electron chi connectivity index (χ4n) is 0.994. The van der Waals surface area contributed by atoms with Gasteiger partial charge in [0.15, 0.2) is 0 Å². The SMILES string of the molecule is CCC(=O)OOC(=O)c1ccccc1[N+](=O)[O-]. The average Bonchev–Trinajstić information content (AvgIpc) is 2.35. The second kappa shape index (κ2) is 5.59. The molecular weight excluding hydrogens is 230 g/mol. The van der Waals surface area contributed by atoms with Gasteiger partial charge in [0, 0.05) is 12.5 Å². The molecule has 0 heterocycles. The van der Waals surface area contributed by atoms with Crippen LogP contribution in [0.25, 0.3) is 0 Å². The number of nitro groups is 1. The third-order valence-corrected chi connectivity index (χ3v) is 1.82. The summed E-state index contributed by atoms with van der Waals surface area (Å²) in [5.41, 5.74) is -0.688. The van der Waals surface area contributed by atoms with Gasteiger partial charge in [0.2, 0.25) is 0 Å². The Morgan fingerprint density at radius 2 is 1.94 bits per heavy atom. The molecule has 7 heteroatoms. The lowest BCUT2D eigenvalue weighted by atomic mass is 10.2. The molecule has 0 radical (unpaired) electrons. The number of para-hydroxylation sites is 1. The van der Waals surface area contributed by atoms with Crippen LogP contribution >= 0.6 is 0 Å². The van der Waals surface area contributed by atoms with Gasteiger partial charge in [0.05, 0.1) is 4.92 Å². The molecule has 0 atom stereocenters. The van der Waals surface area contributed by atoms with Gasteiger partial charge in [-0.25, -0.2) is 19.4 Å². The van der Waals surface area contributed by atoms with Crippen molar-refractivity contribution in [3.63, 3.8) is 0 Å². The van der Waals surface area contributed by atoms with Gasteiger partial charge < -0.3 is 0 Å². The molecule has 17 heavy (non-hydrogen) atoms. The Bertz CT molecular complexity index is 456. The van der Waals surface area contributed by atoms with Crippen molar-refractivity contribution in [3.05, 3.63) is 39.9 Å². The van der Waals surface area contributed by atoms with Crippen LogP contribution in [-0.2, 0) is 14.6 Å². The minimum Gasteiger partial charge on any atom is -0.258 e. The topological polar surface area (TPSA) is 95.7 Å². The minimum atomic E-state index is -1.08. The molecule has 0 saturated heterocycles. The first kappa shape index (κ1) is 12.6. The van der Waals surface area contributed by atoms with E-state index in [2.05, 4.69) is 9.78 Å². The van der Waals surface area contributed by atoms with Crippen LogP contribution in [0, 0.1) is 10.1 Å². The van der Waals surface area contributed by atoms with E-state index in [1.807, 2.05) is 0 Å². The van der Waals surface area contributed by atoms with Crippen LogP contribution in [0.1, 0.15) is 23.7 Å². The summed E-state index contributed by atoms with van der Waals surface area (Å²) in [7, 11) is 0. The quantitative estimate of drug-likeness (QED) is 0.451. The maximum Gasteiger partial charge on any atom is 0.393 e. The largest absolute Gasteiger partial charge is 0.393 e. The Kier molecular flexibility index (Phi) is 4.15. The molecule has 0 N–H and O–H groups in total. The van der Waals surface area contributed by atoms with Crippen molar-refractivity contribution in [2.24, 2.45) is 0 Å². The van der Waals surface area contributed by atoms with Gasteiger partial charge >= 0.3 is 11.9 Å². The third kappa shape index (κ3) is 3.26. The van der Waals surface area contributed by atoms with Crippen molar-refractivity contribution in [1.29, 1.82) is 0 Å². The number of rotatable bonds is 3. The Balaban J connectivity index is 2.82. The van der Waals surface area contributed by atoms with Gasteiger partial charge in [0.1, 0.15) is 5.56 Å². The number of nitrogens with zero attached hydrogens (tertiary/aromatic N) is 1. The first-order valence-corrected chi connectivity index (χ1v) is 4.71. The van der Waals surface area contributed by atoms with Crippen molar-refractivity contribution in [2.45, 2.75) is 13.3 Å². The third-order valence-electron chi connectivity index (χ3n) is 1.82. The van der Waals surface area contributed by atoms with Gasteiger partial charge in [-0.2, -0.15) is 0 Å². The number of hydrogen-bond donors (Lipinski definition) is 0. The molecule has 1 rings (SSSR count). The fourth-order valence-corrected chi connectivity index (χ4v) is 0.994. The highest BCUT2D eigenvalue weighted by molar-refractivity contribution is 5.93. The summed E-state index contributed by atoms with van der Waals surface area (Å²) in [6.45, 7) is 1.52. The van der Waals surface area contributed by atoms with E-state index in [9.17, 15) is 19.7 Å². The molecule has 1 aromatic carbocycles. The zero-order valence-corrected chi connectivity index (χ0v) is 8.91. The maximum atomic E-state index is 11.4. The Morgan fingerprint density at radius 3 is 2.53 bits per heavy atom. The lowest BCUT2D eigenvalue weighted by Gasteiger charge is -2.02. The standard InChI is InChI=1S/C10H9NO6/c1-2-9(12)16-17-10(13)7-5-3-4-6-8(7)11(14)15/h3-6H,2H2,1H3. The van der Waals surface area contributed by atoms with Gasteiger partial charge in [-0.15, -0.1) is 0 Å². The summed E-state index contributed by atoms with van der Waals surface area (Å²) >= 11 is 0. The molecule has 0 spiro atoms. The van der Waals surface area contributed by atoms with Crippen molar-refractivity contribution < 1.29 is 24.3 Å². The van der Waals surface area contributed by atoms with Crippen molar-refractivity contribution in [1.82, 2.24) is 0 Å². The van der Waals surface area contributed by atoms with Crippen LogP contribution in [0.5, 0.6) is 0 Å². The molecule has 0 unspecified atom stereocenters. The molecule has 0 aromatic heterocycles. The monoisotopic (exact) mass is 239 g/mol. The highest BCUT2D eigenvalue weighted by atomic mass is 17.2. The predicted molar refractivity (Wildman–Crippen MR) is 54.9 cm³/mol. The number of carbonyl (C=O) groups is 2. The lowest BCUT2D eigenvalue weighted by Crippen LogP contribution is -2.12. The van der Waals surface area contributed by atoms with E-state index in [-0.39, 0.29) is 12.0 Å². The second-order valence-corrected chi connectivity index (χ2v) is 2.95. The summed E-state index contributed by atoms with van der Waals surface area (Å²) in [5.74, 6) is -1.82. The molecule has 0 bridgehead atoms. The van der Waals surface area contributed by atoms with Crippen molar-refractivity contribution in [2.75, 3.05) is 0 Å². The van der Waals surface area contributed by atoms with Crippen LogP contribution < -0.4 is 0 Å². The van der Waals surface area contributed by atoms with E-state index in [1.165, 1.54) is 25.1 Å². The summed E-state index contributed by atoms with van der Waals surface area (Å²) in [4.78, 5) is 40.3.